The van der Waals surface area contributed by atoms with Crippen LogP contribution in [0.15, 0.2) is 17.1 Å². The maximum absolute atomic E-state index is 10.8. The predicted molar refractivity (Wildman–Crippen MR) is 39.4 cm³/mol. The number of hydrogen-bond donors (Lipinski definition) is 2. The summed E-state index contributed by atoms with van der Waals surface area (Å²) in [5.74, 6) is -1.35. The highest BCUT2D eigenvalue weighted by Crippen LogP contribution is 1.94. The van der Waals surface area contributed by atoms with Gasteiger partial charge in [-0.15, -0.1) is 0 Å². The molecule has 1 heterocycles. The highest BCUT2D eigenvalue weighted by Gasteiger charge is 2.08. The molecular formula is C7H5NO4. The van der Waals surface area contributed by atoms with Crippen molar-refractivity contribution in [1.82, 2.24) is 4.98 Å². The molecule has 12 heavy (non-hydrogen) atoms. The number of carboxylic acid groups (broad SMARTS) is 1. The molecular weight excluding hydrogens is 162 g/mol. The molecule has 5 heteroatoms. The van der Waals surface area contributed by atoms with Crippen molar-refractivity contribution in [2.75, 3.05) is 0 Å². The van der Waals surface area contributed by atoms with Crippen molar-refractivity contribution in [2.45, 2.75) is 0 Å². The van der Waals surface area contributed by atoms with E-state index >= 15 is 0 Å². The summed E-state index contributed by atoms with van der Waals surface area (Å²) in [7, 11) is 0. The van der Waals surface area contributed by atoms with Crippen LogP contribution in [-0.2, 0) is 0 Å². The van der Waals surface area contributed by atoms with Gasteiger partial charge in [0.15, 0.2) is 6.29 Å². The van der Waals surface area contributed by atoms with Crippen molar-refractivity contribution in [3.05, 3.63) is 33.7 Å². The Hall–Kier alpha value is -1.91. The maximum atomic E-state index is 10.8. The van der Waals surface area contributed by atoms with Gasteiger partial charge >= 0.3 is 5.97 Å². The van der Waals surface area contributed by atoms with Crippen LogP contribution in [0.1, 0.15) is 20.7 Å². The van der Waals surface area contributed by atoms with E-state index < -0.39 is 17.1 Å². The predicted octanol–water partition coefficient (Wildman–Crippen LogP) is -0.114. The van der Waals surface area contributed by atoms with Crippen LogP contribution in [0, 0.1) is 0 Å². The number of aromatic amines is 1. The molecule has 0 aromatic carbocycles. The number of hydrogen-bond acceptors (Lipinski definition) is 3. The van der Waals surface area contributed by atoms with Crippen molar-refractivity contribution in [2.24, 2.45) is 0 Å². The van der Waals surface area contributed by atoms with Crippen molar-refractivity contribution >= 4 is 12.3 Å². The summed E-state index contributed by atoms with van der Waals surface area (Å²) < 4.78 is 0. The first-order valence-electron chi connectivity index (χ1n) is 3.06. The van der Waals surface area contributed by atoms with Crippen molar-refractivity contribution < 1.29 is 14.7 Å². The number of nitrogens with one attached hydrogen (secondary N) is 1. The summed E-state index contributed by atoms with van der Waals surface area (Å²) in [5, 5.41) is 8.45. The molecule has 0 atom stereocenters. The summed E-state index contributed by atoms with van der Waals surface area (Å²) in [6.07, 6.45) is 1.62. The van der Waals surface area contributed by atoms with Crippen LogP contribution >= 0.6 is 0 Å². The topological polar surface area (TPSA) is 87.2 Å². The molecule has 62 valence electrons. The molecule has 1 aromatic heterocycles. The van der Waals surface area contributed by atoms with Gasteiger partial charge in [0.1, 0.15) is 5.56 Å². The monoisotopic (exact) mass is 167 g/mol. The zero-order chi connectivity index (χ0) is 9.14. The molecule has 0 amide bonds. The van der Waals surface area contributed by atoms with Gasteiger partial charge in [-0.25, -0.2) is 4.79 Å². The molecule has 1 rings (SSSR count). The van der Waals surface area contributed by atoms with Crippen LogP contribution in [-0.4, -0.2) is 22.3 Å². The summed E-state index contributed by atoms with van der Waals surface area (Å²) >= 11 is 0. The minimum absolute atomic E-state index is 0.131. The van der Waals surface area contributed by atoms with E-state index in [1.807, 2.05) is 0 Å². The van der Waals surface area contributed by atoms with Crippen LogP contribution in [0.2, 0.25) is 0 Å². The van der Waals surface area contributed by atoms with Crippen molar-refractivity contribution in [1.29, 1.82) is 0 Å². The SMILES string of the molecule is O=Cc1c[nH]c(=O)c(C(=O)O)c1. The van der Waals surface area contributed by atoms with E-state index in [0.29, 0.717) is 6.29 Å². The van der Waals surface area contributed by atoms with Gasteiger partial charge in [0.05, 0.1) is 0 Å². The van der Waals surface area contributed by atoms with E-state index in [9.17, 15) is 14.4 Å². The Balaban J connectivity index is 3.36. The Bertz CT molecular complexity index is 379. The van der Waals surface area contributed by atoms with Crippen molar-refractivity contribution in [3.8, 4) is 0 Å². The quantitative estimate of drug-likeness (QED) is 0.601. The normalized spacial score (nSPS) is 9.33. The van der Waals surface area contributed by atoms with Crippen LogP contribution in [0.5, 0.6) is 0 Å². The molecule has 0 aliphatic rings. The van der Waals surface area contributed by atoms with Crippen LogP contribution in [0.3, 0.4) is 0 Å². The minimum Gasteiger partial charge on any atom is -0.477 e. The molecule has 0 unspecified atom stereocenters. The van der Waals surface area contributed by atoms with Crippen molar-refractivity contribution in [3.63, 3.8) is 0 Å². The number of aromatic carboxylic acids is 1. The first-order valence-corrected chi connectivity index (χ1v) is 3.06. The Morgan fingerprint density at radius 1 is 1.58 bits per heavy atom. The van der Waals surface area contributed by atoms with Gasteiger partial charge in [-0.3, -0.25) is 9.59 Å². The van der Waals surface area contributed by atoms with Gasteiger partial charge in [-0.2, -0.15) is 0 Å². The fourth-order valence-electron chi connectivity index (χ4n) is 0.727. The third kappa shape index (κ3) is 1.39. The lowest BCUT2D eigenvalue weighted by Crippen LogP contribution is -2.17. The molecule has 0 radical (unpaired) electrons. The molecule has 0 spiro atoms. The molecule has 5 nitrogen and oxygen atoms in total. The Kier molecular flexibility index (Phi) is 2.05. The molecule has 0 aliphatic heterocycles. The average molecular weight is 167 g/mol. The van der Waals surface area contributed by atoms with Gasteiger partial charge in [0.2, 0.25) is 0 Å². The Morgan fingerprint density at radius 2 is 2.25 bits per heavy atom. The second-order valence-electron chi connectivity index (χ2n) is 2.10. The number of carbonyl (C=O) groups is 2. The molecule has 0 fully saturated rings. The molecule has 0 aliphatic carbocycles. The fourth-order valence-corrected chi connectivity index (χ4v) is 0.727. The second kappa shape index (κ2) is 3.00. The fraction of sp³-hybridized carbons (Fsp3) is 0. The van der Waals surface area contributed by atoms with Crippen LogP contribution in [0.4, 0.5) is 0 Å². The van der Waals surface area contributed by atoms with E-state index in [2.05, 4.69) is 4.98 Å². The van der Waals surface area contributed by atoms with Crippen LogP contribution < -0.4 is 5.56 Å². The first-order chi connectivity index (χ1) is 5.65. The number of aromatic nitrogens is 1. The summed E-state index contributed by atoms with van der Waals surface area (Å²) in [6.45, 7) is 0. The van der Waals surface area contributed by atoms with Gasteiger partial charge in [-0.05, 0) is 6.07 Å². The highest BCUT2D eigenvalue weighted by molar-refractivity contribution is 5.89. The third-order valence-electron chi connectivity index (χ3n) is 1.29. The third-order valence-corrected chi connectivity index (χ3v) is 1.29. The number of carbonyl (C=O) groups excluding carboxylic acids is 1. The number of aldehydes is 1. The standard InChI is InChI=1S/C7H5NO4/c9-3-4-1-5(7(11)12)6(10)8-2-4/h1-3H,(H,8,10)(H,11,12). The molecule has 2 N–H and O–H groups in total. The maximum Gasteiger partial charge on any atom is 0.341 e. The lowest BCUT2D eigenvalue weighted by atomic mass is 10.2. The number of pyridine rings is 1. The number of carboxylic acids is 1. The van der Waals surface area contributed by atoms with Gasteiger partial charge in [0, 0.05) is 11.8 Å². The molecule has 0 saturated carbocycles. The lowest BCUT2D eigenvalue weighted by Gasteiger charge is -1.92. The summed E-state index contributed by atoms with van der Waals surface area (Å²) in [6, 6.07) is 1.02. The summed E-state index contributed by atoms with van der Waals surface area (Å²) in [5.41, 5.74) is -1.01. The lowest BCUT2D eigenvalue weighted by molar-refractivity contribution is 0.0695. The zero-order valence-electron chi connectivity index (χ0n) is 5.90. The van der Waals surface area contributed by atoms with Crippen LogP contribution in [0.25, 0.3) is 0 Å². The molecule has 0 bridgehead atoms. The molecule has 0 saturated heterocycles. The second-order valence-corrected chi connectivity index (χ2v) is 2.10. The highest BCUT2D eigenvalue weighted by atomic mass is 16.4. The van der Waals surface area contributed by atoms with E-state index in [-0.39, 0.29) is 5.56 Å². The largest absolute Gasteiger partial charge is 0.477 e. The Morgan fingerprint density at radius 3 is 2.75 bits per heavy atom. The smallest absolute Gasteiger partial charge is 0.341 e. The van der Waals surface area contributed by atoms with Gasteiger partial charge < -0.3 is 10.1 Å². The summed E-state index contributed by atoms with van der Waals surface area (Å²) in [4.78, 5) is 33.4. The average Bonchev–Trinajstić information content (AvgIpc) is 2.05. The Labute approximate surface area is 66.7 Å². The van der Waals surface area contributed by atoms with E-state index in [4.69, 9.17) is 5.11 Å². The van der Waals surface area contributed by atoms with Gasteiger partial charge in [-0.1, -0.05) is 0 Å². The van der Waals surface area contributed by atoms with E-state index in [1.54, 1.807) is 0 Å². The van der Waals surface area contributed by atoms with E-state index in [0.717, 1.165) is 12.3 Å². The molecule has 1 aromatic rings. The first kappa shape index (κ1) is 8.19. The van der Waals surface area contributed by atoms with E-state index in [1.165, 1.54) is 0 Å². The zero-order valence-corrected chi connectivity index (χ0v) is 5.90. The van der Waals surface area contributed by atoms with Gasteiger partial charge in [0.25, 0.3) is 5.56 Å². The number of rotatable bonds is 2. The minimum atomic E-state index is -1.35. The number of H-pyrrole nitrogens is 1.